The molecule has 0 saturated heterocycles. The summed E-state index contributed by atoms with van der Waals surface area (Å²) in [6, 6.07) is 0. The number of ether oxygens (including phenoxy) is 1. The van der Waals surface area contributed by atoms with Crippen LogP contribution in [0.15, 0.2) is 12.4 Å². The van der Waals surface area contributed by atoms with Gasteiger partial charge in [0.1, 0.15) is 5.82 Å². The molecular weight excluding hydrogens is 206 g/mol. The van der Waals surface area contributed by atoms with Gasteiger partial charge in [-0.1, -0.05) is 0 Å². The van der Waals surface area contributed by atoms with E-state index in [0.717, 1.165) is 18.8 Å². The fraction of sp³-hybridized carbons (Fsp3) is 0.636. The van der Waals surface area contributed by atoms with Gasteiger partial charge in [0.2, 0.25) is 0 Å². The molecule has 0 aliphatic heterocycles. The van der Waals surface area contributed by atoms with Gasteiger partial charge in [0, 0.05) is 39.0 Å². The topological polar surface area (TPSA) is 56.1 Å². The van der Waals surface area contributed by atoms with Crippen LogP contribution in [0.2, 0.25) is 0 Å². The Labute approximate surface area is 95.8 Å². The Morgan fingerprint density at radius 2 is 2.38 bits per heavy atom. The molecule has 16 heavy (non-hydrogen) atoms. The molecule has 0 amide bonds. The summed E-state index contributed by atoms with van der Waals surface area (Å²) < 4.78 is 6.81. The summed E-state index contributed by atoms with van der Waals surface area (Å²) in [5.74, 6) is 0.899. The van der Waals surface area contributed by atoms with Crippen molar-refractivity contribution in [2.24, 2.45) is 7.05 Å². The SMILES string of the molecule is CCOC(=O)CCNCCc1nccn1C. The third kappa shape index (κ3) is 4.44. The Hall–Kier alpha value is -1.36. The molecule has 0 aliphatic carbocycles. The fourth-order valence-corrected chi connectivity index (χ4v) is 1.39. The summed E-state index contributed by atoms with van der Waals surface area (Å²) in [5, 5.41) is 3.19. The smallest absolute Gasteiger partial charge is 0.307 e. The van der Waals surface area contributed by atoms with Gasteiger partial charge in [0.15, 0.2) is 0 Å². The number of carbonyl (C=O) groups excluding carboxylic acids is 1. The van der Waals surface area contributed by atoms with Gasteiger partial charge in [-0.15, -0.1) is 0 Å². The van der Waals surface area contributed by atoms with Crippen LogP contribution in [0.25, 0.3) is 0 Å². The molecule has 0 radical (unpaired) electrons. The predicted molar refractivity (Wildman–Crippen MR) is 61.0 cm³/mol. The molecule has 0 aromatic carbocycles. The van der Waals surface area contributed by atoms with E-state index in [1.165, 1.54) is 0 Å². The third-order valence-electron chi connectivity index (χ3n) is 2.26. The van der Waals surface area contributed by atoms with Crippen molar-refractivity contribution in [3.05, 3.63) is 18.2 Å². The molecule has 0 saturated carbocycles. The number of aryl methyl sites for hydroxylation is 1. The molecule has 0 unspecified atom stereocenters. The molecule has 90 valence electrons. The molecule has 1 heterocycles. The highest BCUT2D eigenvalue weighted by Gasteiger charge is 2.01. The molecule has 0 fully saturated rings. The lowest BCUT2D eigenvalue weighted by atomic mass is 10.3. The van der Waals surface area contributed by atoms with Crippen LogP contribution in [0.3, 0.4) is 0 Å². The Morgan fingerprint density at radius 3 is 3.00 bits per heavy atom. The summed E-state index contributed by atoms with van der Waals surface area (Å²) in [6.45, 7) is 3.74. The van der Waals surface area contributed by atoms with Crippen molar-refractivity contribution in [1.82, 2.24) is 14.9 Å². The van der Waals surface area contributed by atoms with Crippen molar-refractivity contribution >= 4 is 5.97 Å². The fourth-order valence-electron chi connectivity index (χ4n) is 1.39. The van der Waals surface area contributed by atoms with Crippen molar-refractivity contribution in [3.63, 3.8) is 0 Å². The number of esters is 1. The van der Waals surface area contributed by atoms with Crippen LogP contribution in [0.4, 0.5) is 0 Å². The zero-order valence-electron chi connectivity index (χ0n) is 9.90. The Bertz CT molecular complexity index is 323. The maximum absolute atomic E-state index is 11.0. The number of rotatable bonds is 7. The molecule has 5 heteroatoms. The van der Waals surface area contributed by atoms with E-state index in [9.17, 15) is 4.79 Å². The first-order valence-corrected chi connectivity index (χ1v) is 5.56. The number of imidazole rings is 1. The van der Waals surface area contributed by atoms with Gasteiger partial charge in [-0.05, 0) is 6.92 Å². The summed E-state index contributed by atoms with van der Waals surface area (Å²) >= 11 is 0. The van der Waals surface area contributed by atoms with E-state index in [0.29, 0.717) is 19.6 Å². The second-order valence-electron chi connectivity index (χ2n) is 3.51. The molecule has 1 rings (SSSR count). The molecule has 0 atom stereocenters. The van der Waals surface area contributed by atoms with Crippen LogP contribution in [0, 0.1) is 0 Å². The minimum atomic E-state index is -0.146. The van der Waals surface area contributed by atoms with Gasteiger partial charge >= 0.3 is 5.97 Å². The second kappa shape index (κ2) is 7.00. The van der Waals surface area contributed by atoms with Crippen LogP contribution >= 0.6 is 0 Å². The standard InChI is InChI=1S/C11H19N3O2/c1-3-16-11(15)5-7-12-6-4-10-13-8-9-14(10)2/h8-9,12H,3-7H2,1-2H3. The average Bonchev–Trinajstić information content (AvgIpc) is 2.64. The summed E-state index contributed by atoms with van der Waals surface area (Å²) in [4.78, 5) is 15.2. The quantitative estimate of drug-likeness (QED) is 0.542. The van der Waals surface area contributed by atoms with E-state index in [2.05, 4.69) is 10.3 Å². The minimum absolute atomic E-state index is 0.146. The molecule has 1 aromatic rings. The van der Waals surface area contributed by atoms with Crippen LogP contribution < -0.4 is 5.32 Å². The van der Waals surface area contributed by atoms with Crippen molar-refractivity contribution in [2.45, 2.75) is 19.8 Å². The van der Waals surface area contributed by atoms with E-state index < -0.39 is 0 Å². The van der Waals surface area contributed by atoms with Gasteiger partial charge in [-0.3, -0.25) is 4.79 Å². The Morgan fingerprint density at radius 1 is 1.56 bits per heavy atom. The van der Waals surface area contributed by atoms with Crippen molar-refractivity contribution < 1.29 is 9.53 Å². The highest BCUT2D eigenvalue weighted by Crippen LogP contribution is 1.94. The lowest BCUT2D eigenvalue weighted by Crippen LogP contribution is -2.22. The van der Waals surface area contributed by atoms with Crippen LogP contribution in [-0.4, -0.2) is 35.2 Å². The Kier molecular flexibility index (Phi) is 5.56. The first-order chi connectivity index (χ1) is 7.74. The van der Waals surface area contributed by atoms with Crippen LogP contribution in [0.1, 0.15) is 19.2 Å². The summed E-state index contributed by atoms with van der Waals surface area (Å²) in [7, 11) is 1.97. The summed E-state index contributed by atoms with van der Waals surface area (Å²) in [6.07, 6.45) is 5.00. The van der Waals surface area contributed by atoms with Gasteiger partial charge in [0.05, 0.1) is 13.0 Å². The first-order valence-electron chi connectivity index (χ1n) is 5.56. The van der Waals surface area contributed by atoms with E-state index in [-0.39, 0.29) is 5.97 Å². The van der Waals surface area contributed by atoms with Crippen LogP contribution in [0.5, 0.6) is 0 Å². The number of hydrogen-bond acceptors (Lipinski definition) is 4. The lowest BCUT2D eigenvalue weighted by molar-refractivity contribution is -0.142. The average molecular weight is 225 g/mol. The van der Waals surface area contributed by atoms with E-state index in [1.807, 2.05) is 24.7 Å². The number of nitrogens with one attached hydrogen (secondary N) is 1. The second-order valence-corrected chi connectivity index (χ2v) is 3.51. The molecule has 0 aliphatic rings. The molecule has 1 N–H and O–H groups in total. The summed E-state index contributed by atoms with van der Waals surface area (Å²) in [5.41, 5.74) is 0. The number of aromatic nitrogens is 2. The third-order valence-corrected chi connectivity index (χ3v) is 2.26. The van der Waals surface area contributed by atoms with Gasteiger partial charge in [0.25, 0.3) is 0 Å². The van der Waals surface area contributed by atoms with E-state index >= 15 is 0 Å². The van der Waals surface area contributed by atoms with Crippen molar-refractivity contribution in [1.29, 1.82) is 0 Å². The van der Waals surface area contributed by atoms with Gasteiger partial charge in [-0.2, -0.15) is 0 Å². The van der Waals surface area contributed by atoms with Crippen LogP contribution in [-0.2, 0) is 23.0 Å². The zero-order valence-corrected chi connectivity index (χ0v) is 9.90. The van der Waals surface area contributed by atoms with Crippen molar-refractivity contribution in [2.75, 3.05) is 19.7 Å². The minimum Gasteiger partial charge on any atom is -0.466 e. The molecule has 0 bridgehead atoms. The Balaban J connectivity index is 2.04. The first kappa shape index (κ1) is 12.7. The van der Waals surface area contributed by atoms with E-state index in [1.54, 1.807) is 6.20 Å². The molecule has 0 spiro atoms. The van der Waals surface area contributed by atoms with Gasteiger partial charge in [-0.25, -0.2) is 4.98 Å². The molecule has 1 aromatic heterocycles. The van der Waals surface area contributed by atoms with E-state index in [4.69, 9.17) is 4.74 Å². The number of nitrogens with zero attached hydrogens (tertiary/aromatic N) is 2. The number of carbonyl (C=O) groups is 1. The largest absolute Gasteiger partial charge is 0.466 e. The predicted octanol–water partition coefficient (Wildman–Crippen LogP) is 0.505. The normalized spacial score (nSPS) is 10.4. The monoisotopic (exact) mass is 225 g/mol. The zero-order chi connectivity index (χ0) is 11.8. The molecule has 5 nitrogen and oxygen atoms in total. The lowest BCUT2D eigenvalue weighted by Gasteiger charge is -2.04. The highest BCUT2D eigenvalue weighted by atomic mass is 16.5. The van der Waals surface area contributed by atoms with Crippen molar-refractivity contribution in [3.8, 4) is 0 Å². The maximum Gasteiger partial charge on any atom is 0.307 e. The maximum atomic E-state index is 11.0. The van der Waals surface area contributed by atoms with Gasteiger partial charge < -0.3 is 14.6 Å². The highest BCUT2D eigenvalue weighted by molar-refractivity contribution is 5.69. The number of hydrogen-bond donors (Lipinski definition) is 1. The molecular formula is C11H19N3O2.